The Morgan fingerprint density at radius 3 is 2.87 bits per heavy atom. The first-order chi connectivity index (χ1) is 11.1. The molecule has 1 saturated heterocycles. The summed E-state index contributed by atoms with van der Waals surface area (Å²) in [6.07, 6.45) is 3.88. The highest BCUT2D eigenvalue weighted by molar-refractivity contribution is 14.1. The molecular weight excluding hydrogens is 473 g/mol. The number of nitrogens with one attached hydrogen (secondary N) is 1. The van der Waals surface area contributed by atoms with E-state index in [0.29, 0.717) is 11.3 Å². The number of hydrazone groups is 1. The van der Waals surface area contributed by atoms with Crippen LogP contribution in [-0.2, 0) is 0 Å². The minimum atomic E-state index is -0.245. The topological polar surface area (TPSA) is 57.8 Å². The number of amides is 1. The van der Waals surface area contributed by atoms with Crippen LogP contribution in [0.1, 0.15) is 29.0 Å². The van der Waals surface area contributed by atoms with Crippen molar-refractivity contribution in [2.75, 3.05) is 18.0 Å². The quantitative estimate of drug-likeness (QED) is 0.402. The van der Waals surface area contributed by atoms with E-state index < -0.39 is 0 Å². The molecular formula is C16H15BrIN3O2. The van der Waals surface area contributed by atoms with Crippen molar-refractivity contribution in [2.24, 2.45) is 5.10 Å². The second-order valence-corrected chi connectivity index (χ2v) is 7.31. The Labute approximate surface area is 156 Å². The van der Waals surface area contributed by atoms with Crippen LogP contribution in [0, 0.1) is 3.57 Å². The number of anilines is 1. The zero-order valence-corrected chi connectivity index (χ0v) is 16.0. The van der Waals surface area contributed by atoms with E-state index in [9.17, 15) is 4.79 Å². The number of nitrogens with zero attached hydrogens (tertiary/aromatic N) is 2. The summed E-state index contributed by atoms with van der Waals surface area (Å²) in [5.74, 6) is 1.18. The lowest BCUT2D eigenvalue weighted by molar-refractivity contribution is 0.0955. The molecule has 0 spiro atoms. The maximum Gasteiger partial charge on any atom is 0.271 e. The molecule has 0 aliphatic carbocycles. The highest BCUT2D eigenvalue weighted by Crippen LogP contribution is 2.31. The van der Waals surface area contributed by atoms with E-state index in [2.05, 4.69) is 53.9 Å². The predicted octanol–water partition coefficient (Wildman–Crippen LogP) is 4.01. The van der Waals surface area contributed by atoms with Crippen LogP contribution in [-0.4, -0.2) is 25.2 Å². The lowest BCUT2D eigenvalue weighted by Crippen LogP contribution is -2.17. The molecule has 0 atom stereocenters. The lowest BCUT2D eigenvalue weighted by Gasteiger charge is -2.13. The Hall–Kier alpha value is -1.35. The molecule has 0 bridgehead atoms. The number of furan rings is 1. The molecule has 0 unspecified atom stereocenters. The van der Waals surface area contributed by atoms with Gasteiger partial charge >= 0.3 is 0 Å². The molecule has 1 aliphatic heterocycles. The average molecular weight is 488 g/mol. The second kappa shape index (κ2) is 7.48. The third-order valence-electron chi connectivity index (χ3n) is 3.53. The standard InChI is InChI=1S/C16H15BrIN3O2/c17-14-9-13(23-16(14)21-6-1-2-7-21)10-19-20-15(22)11-4-3-5-12(18)8-11/h3-5,8-10H,1-2,6-7H2,(H,20,22)/b19-10-. The molecule has 1 N–H and O–H groups in total. The van der Waals surface area contributed by atoms with Crippen molar-refractivity contribution >= 4 is 56.5 Å². The number of hydrogen-bond donors (Lipinski definition) is 1. The van der Waals surface area contributed by atoms with Crippen LogP contribution in [0.15, 0.2) is 44.3 Å². The first kappa shape index (κ1) is 16.5. The van der Waals surface area contributed by atoms with Crippen molar-refractivity contribution in [1.29, 1.82) is 0 Å². The summed E-state index contributed by atoms with van der Waals surface area (Å²) in [5.41, 5.74) is 3.09. The zero-order chi connectivity index (χ0) is 16.2. The molecule has 23 heavy (non-hydrogen) atoms. The van der Waals surface area contributed by atoms with Gasteiger partial charge in [0.15, 0.2) is 5.76 Å². The number of hydrogen-bond acceptors (Lipinski definition) is 4. The molecule has 120 valence electrons. The van der Waals surface area contributed by atoms with E-state index in [-0.39, 0.29) is 5.91 Å². The molecule has 0 saturated carbocycles. The van der Waals surface area contributed by atoms with E-state index in [1.807, 2.05) is 18.2 Å². The van der Waals surface area contributed by atoms with Gasteiger partial charge in [-0.2, -0.15) is 5.10 Å². The van der Waals surface area contributed by atoms with Crippen LogP contribution in [0.5, 0.6) is 0 Å². The zero-order valence-electron chi connectivity index (χ0n) is 12.3. The van der Waals surface area contributed by atoms with Gasteiger partial charge in [-0.05, 0) is 69.6 Å². The first-order valence-corrected chi connectivity index (χ1v) is 9.14. The number of carbonyl (C=O) groups excluding carboxylic acids is 1. The minimum Gasteiger partial charge on any atom is -0.438 e. The Morgan fingerprint density at radius 2 is 2.13 bits per heavy atom. The van der Waals surface area contributed by atoms with E-state index >= 15 is 0 Å². The third kappa shape index (κ3) is 4.14. The summed E-state index contributed by atoms with van der Waals surface area (Å²) in [4.78, 5) is 14.2. The molecule has 3 rings (SSSR count). The fourth-order valence-electron chi connectivity index (χ4n) is 2.42. The van der Waals surface area contributed by atoms with Gasteiger partial charge < -0.3 is 9.32 Å². The predicted molar refractivity (Wildman–Crippen MR) is 102 cm³/mol. The molecule has 5 nitrogen and oxygen atoms in total. The normalized spacial score (nSPS) is 14.6. The second-order valence-electron chi connectivity index (χ2n) is 5.21. The van der Waals surface area contributed by atoms with Crippen molar-refractivity contribution in [3.05, 3.63) is 49.7 Å². The summed E-state index contributed by atoms with van der Waals surface area (Å²) in [7, 11) is 0. The van der Waals surface area contributed by atoms with Crippen molar-refractivity contribution in [2.45, 2.75) is 12.8 Å². The molecule has 1 aromatic heterocycles. The average Bonchev–Trinajstić information content (AvgIpc) is 3.16. The fraction of sp³-hybridized carbons (Fsp3) is 0.250. The van der Waals surface area contributed by atoms with E-state index in [1.54, 1.807) is 12.1 Å². The first-order valence-electron chi connectivity index (χ1n) is 7.27. The van der Waals surface area contributed by atoms with Gasteiger partial charge in [-0.3, -0.25) is 4.79 Å². The van der Waals surface area contributed by atoms with Crippen molar-refractivity contribution in [3.8, 4) is 0 Å². The minimum absolute atomic E-state index is 0.245. The summed E-state index contributed by atoms with van der Waals surface area (Å²) < 4.78 is 7.69. The molecule has 2 aromatic rings. The Bertz CT molecular complexity index is 739. The molecule has 1 fully saturated rings. The van der Waals surface area contributed by atoms with E-state index in [4.69, 9.17) is 4.42 Å². The summed E-state index contributed by atoms with van der Waals surface area (Å²) >= 11 is 5.67. The van der Waals surface area contributed by atoms with Crippen LogP contribution in [0.4, 0.5) is 5.88 Å². The van der Waals surface area contributed by atoms with Crippen LogP contribution in [0.2, 0.25) is 0 Å². The summed E-state index contributed by atoms with van der Waals surface area (Å²) in [5, 5.41) is 3.97. The van der Waals surface area contributed by atoms with Crippen LogP contribution >= 0.6 is 38.5 Å². The molecule has 1 amide bonds. The van der Waals surface area contributed by atoms with E-state index in [0.717, 1.165) is 27.0 Å². The van der Waals surface area contributed by atoms with Gasteiger partial charge in [0.1, 0.15) is 0 Å². The van der Waals surface area contributed by atoms with Crippen molar-refractivity contribution in [1.82, 2.24) is 5.43 Å². The highest BCUT2D eigenvalue weighted by atomic mass is 127. The Morgan fingerprint density at radius 1 is 1.35 bits per heavy atom. The summed E-state index contributed by atoms with van der Waals surface area (Å²) in [6, 6.07) is 9.18. The van der Waals surface area contributed by atoms with Crippen LogP contribution in [0.3, 0.4) is 0 Å². The van der Waals surface area contributed by atoms with Gasteiger partial charge in [-0.15, -0.1) is 0 Å². The smallest absolute Gasteiger partial charge is 0.271 e. The lowest BCUT2D eigenvalue weighted by atomic mass is 10.2. The van der Waals surface area contributed by atoms with Crippen molar-refractivity contribution < 1.29 is 9.21 Å². The van der Waals surface area contributed by atoms with Gasteiger partial charge in [0.2, 0.25) is 5.88 Å². The fourth-order valence-corrected chi connectivity index (χ4v) is 3.53. The van der Waals surface area contributed by atoms with Crippen LogP contribution in [0.25, 0.3) is 0 Å². The third-order valence-corrected chi connectivity index (χ3v) is 4.76. The van der Waals surface area contributed by atoms with Crippen LogP contribution < -0.4 is 10.3 Å². The van der Waals surface area contributed by atoms with Gasteiger partial charge in [0, 0.05) is 28.3 Å². The van der Waals surface area contributed by atoms with Gasteiger partial charge in [0.25, 0.3) is 5.91 Å². The number of carbonyl (C=O) groups is 1. The van der Waals surface area contributed by atoms with Gasteiger partial charge in [-0.1, -0.05) is 6.07 Å². The maximum absolute atomic E-state index is 12.0. The maximum atomic E-state index is 12.0. The largest absolute Gasteiger partial charge is 0.438 e. The number of benzene rings is 1. The van der Waals surface area contributed by atoms with Gasteiger partial charge in [0.05, 0.1) is 10.7 Å². The van der Waals surface area contributed by atoms with E-state index in [1.165, 1.54) is 19.1 Å². The Kier molecular flexibility index (Phi) is 5.37. The van der Waals surface area contributed by atoms with Gasteiger partial charge in [-0.25, -0.2) is 5.43 Å². The monoisotopic (exact) mass is 487 g/mol. The Balaban J connectivity index is 1.64. The molecule has 1 aliphatic rings. The number of halogens is 2. The SMILES string of the molecule is O=C(N/N=C\c1cc(Br)c(N2CCCC2)o1)c1cccc(I)c1. The van der Waals surface area contributed by atoms with Crippen molar-refractivity contribution in [3.63, 3.8) is 0 Å². The molecule has 0 radical (unpaired) electrons. The molecule has 1 aromatic carbocycles. The number of rotatable bonds is 4. The molecule has 7 heteroatoms. The highest BCUT2D eigenvalue weighted by Gasteiger charge is 2.19. The summed E-state index contributed by atoms with van der Waals surface area (Å²) in [6.45, 7) is 2.01. The molecule has 2 heterocycles.